The van der Waals surface area contributed by atoms with E-state index in [1.54, 1.807) is 6.07 Å². The summed E-state index contributed by atoms with van der Waals surface area (Å²) in [4.78, 5) is 35.4. The third-order valence-electron chi connectivity index (χ3n) is 4.23. The minimum Gasteiger partial charge on any atom is -0.459 e. The van der Waals surface area contributed by atoms with Crippen molar-refractivity contribution in [1.29, 1.82) is 0 Å². The fraction of sp³-hybridized carbons (Fsp3) is 0.409. The minimum absolute atomic E-state index is 0.0351. The lowest BCUT2D eigenvalue weighted by Gasteiger charge is -2.15. The molecule has 0 aliphatic heterocycles. The predicted molar refractivity (Wildman–Crippen MR) is 108 cm³/mol. The van der Waals surface area contributed by atoms with Gasteiger partial charge in [-0.1, -0.05) is 38.1 Å². The molecule has 2 rings (SSSR count). The van der Waals surface area contributed by atoms with Crippen molar-refractivity contribution in [2.75, 3.05) is 13.2 Å². The zero-order valence-electron chi connectivity index (χ0n) is 17.1. The van der Waals surface area contributed by atoms with Crippen molar-refractivity contribution in [2.45, 2.75) is 39.7 Å². The summed E-state index contributed by atoms with van der Waals surface area (Å²) in [5, 5.41) is 5.35. The van der Waals surface area contributed by atoms with Crippen LogP contribution in [0.25, 0.3) is 0 Å². The highest BCUT2D eigenvalue weighted by Gasteiger charge is 2.13. The van der Waals surface area contributed by atoms with Gasteiger partial charge in [0.05, 0.1) is 18.7 Å². The average Bonchev–Trinajstić information content (AvgIpc) is 3.21. The number of ether oxygens (including phenoxy) is 1. The zero-order chi connectivity index (χ0) is 21.2. The standard InChI is InChI=1S/C22H28N2O5/c1-15(2)13-17-6-8-18(9-7-17)16(3)24-20(25)14-29-21(26)10-11-23-22(27)19-5-4-12-28-19/h4-9,12,15-16H,10-11,13-14H2,1-3H3,(H,23,27)(H,24,25)/t16-/m1/s1. The Bertz CT molecular complexity index is 797. The molecule has 0 unspecified atom stereocenters. The first kappa shape index (κ1) is 22.2. The fourth-order valence-electron chi connectivity index (χ4n) is 2.77. The van der Waals surface area contributed by atoms with Crippen LogP contribution in [0.1, 0.15) is 54.9 Å². The number of amides is 2. The van der Waals surface area contributed by atoms with Crippen LogP contribution in [0, 0.1) is 5.92 Å². The molecule has 0 saturated carbocycles. The predicted octanol–water partition coefficient (Wildman–Crippen LogP) is 3.02. The van der Waals surface area contributed by atoms with Crippen LogP contribution in [0.5, 0.6) is 0 Å². The summed E-state index contributed by atoms with van der Waals surface area (Å²) in [6, 6.07) is 11.1. The molecule has 2 amide bonds. The van der Waals surface area contributed by atoms with Crippen molar-refractivity contribution >= 4 is 17.8 Å². The van der Waals surface area contributed by atoms with Gasteiger partial charge >= 0.3 is 5.97 Å². The number of carbonyl (C=O) groups excluding carboxylic acids is 3. The van der Waals surface area contributed by atoms with Gasteiger partial charge < -0.3 is 19.8 Å². The molecule has 29 heavy (non-hydrogen) atoms. The zero-order valence-corrected chi connectivity index (χ0v) is 17.1. The van der Waals surface area contributed by atoms with Gasteiger partial charge in [0.15, 0.2) is 12.4 Å². The summed E-state index contributed by atoms with van der Waals surface area (Å²) in [5.41, 5.74) is 2.24. The van der Waals surface area contributed by atoms with E-state index in [4.69, 9.17) is 9.15 Å². The average molecular weight is 400 g/mol. The van der Waals surface area contributed by atoms with Gasteiger partial charge in [-0.3, -0.25) is 14.4 Å². The summed E-state index contributed by atoms with van der Waals surface area (Å²) in [5.74, 6) is -0.591. The van der Waals surface area contributed by atoms with E-state index in [1.165, 1.54) is 17.9 Å². The van der Waals surface area contributed by atoms with Crippen LogP contribution in [-0.2, 0) is 20.7 Å². The van der Waals surface area contributed by atoms with Crippen LogP contribution in [-0.4, -0.2) is 30.9 Å². The maximum Gasteiger partial charge on any atom is 0.308 e. The second kappa shape index (κ2) is 11.0. The number of esters is 1. The molecule has 0 saturated heterocycles. The molecular formula is C22H28N2O5. The first-order chi connectivity index (χ1) is 13.8. The molecule has 156 valence electrons. The van der Waals surface area contributed by atoms with E-state index in [0.29, 0.717) is 5.92 Å². The second-order valence-corrected chi connectivity index (χ2v) is 7.27. The van der Waals surface area contributed by atoms with Gasteiger partial charge in [-0.2, -0.15) is 0 Å². The lowest BCUT2D eigenvalue weighted by molar-refractivity contribution is -0.148. The molecule has 0 radical (unpaired) electrons. The molecule has 0 aliphatic rings. The Morgan fingerprint density at radius 1 is 1.07 bits per heavy atom. The number of hydrogen-bond donors (Lipinski definition) is 2. The minimum atomic E-state index is -0.564. The van der Waals surface area contributed by atoms with Gasteiger partial charge in [-0.15, -0.1) is 0 Å². The van der Waals surface area contributed by atoms with Crippen molar-refractivity contribution in [1.82, 2.24) is 10.6 Å². The molecule has 0 spiro atoms. The topological polar surface area (TPSA) is 97.6 Å². The van der Waals surface area contributed by atoms with Crippen molar-refractivity contribution in [3.63, 3.8) is 0 Å². The summed E-state index contributed by atoms with van der Waals surface area (Å²) in [6.45, 7) is 5.96. The van der Waals surface area contributed by atoms with Gasteiger partial charge in [-0.25, -0.2) is 0 Å². The Morgan fingerprint density at radius 3 is 2.41 bits per heavy atom. The Morgan fingerprint density at radius 2 is 1.79 bits per heavy atom. The Kier molecular flexibility index (Phi) is 8.45. The molecular weight excluding hydrogens is 372 g/mol. The molecule has 2 N–H and O–H groups in total. The van der Waals surface area contributed by atoms with Crippen LogP contribution in [0.3, 0.4) is 0 Å². The van der Waals surface area contributed by atoms with Gasteiger partial charge in [-0.05, 0) is 42.5 Å². The maximum atomic E-state index is 12.0. The van der Waals surface area contributed by atoms with Gasteiger partial charge in [0, 0.05) is 6.54 Å². The van der Waals surface area contributed by atoms with E-state index in [2.05, 4.69) is 36.6 Å². The number of furan rings is 1. The van der Waals surface area contributed by atoms with E-state index in [1.807, 2.05) is 19.1 Å². The number of rotatable bonds is 10. The second-order valence-electron chi connectivity index (χ2n) is 7.27. The first-order valence-corrected chi connectivity index (χ1v) is 9.70. The van der Waals surface area contributed by atoms with E-state index < -0.39 is 11.9 Å². The largest absolute Gasteiger partial charge is 0.459 e. The highest BCUT2D eigenvalue weighted by molar-refractivity contribution is 5.91. The van der Waals surface area contributed by atoms with Crippen LogP contribution in [0.15, 0.2) is 47.1 Å². The van der Waals surface area contributed by atoms with Gasteiger partial charge in [0.25, 0.3) is 11.8 Å². The molecule has 2 aromatic rings. The van der Waals surface area contributed by atoms with Crippen molar-refractivity contribution in [3.8, 4) is 0 Å². The fourth-order valence-corrected chi connectivity index (χ4v) is 2.77. The lowest BCUT2D eigenvalue weighted by Crippen LogP contribution is -2.32. The van der Waals surface area contributed by atoms with Crippen LogP contribution < -0.4 is 10.6 Å². The summed E-state index contributed by atoms with van der Waals surface area (Å²) < 4.78 is 9.90. The smallest absolute Gasteiger partial charge is 0.308 e. The third kappa shape index (κ3) is 7.81. The normalized spacial score (nSPS) is 11.7. The van der Waals surface area contributed by atoms with Crippen molar-refractivity contribution < 1.29 is 23.5 Å². The lowest BCUT2D eigenvalue weighted by atomic mass is 10.00. The molecule has 1 atom stereocenters. The summed E-state index contributed by atoms with van der Waals surface area (Å²) in [6.07, 6.45) is 2.37. The van der Waals surface area contributed by atoms with Gasteiger partial charge in [0.1, 0.15) is 0 Å². The van der Waals surface area contributed by atoms with Crippen LogP contribution >= 0.6 is 0 Å². The van der Waals surface area contributed by atoms with E-state index >= 15 is 0 Å². The van der Waals surface area contributed by atoms with Crippen molar-refractivity contribution in [2.24, 2.45) is 5.92 Å². The van der Waals surface area contributed by atoms with Crippen LogP contribution in [0.4, 0.5) is 0 Å². The highest BCUT2D eigenvalue weighted by Crippen LogP contribution is 2.15. The molecule has 1 aromatic heterocycles. The maximum absolute atomic E-state index is 12.0. The van der Waals surface area contributed by atoms with E-state index in [-0.39, 0.29) is 37.3 Å². The number of nitrogens with one attached hydrogen (secondary N) is 2. The number of hydrogen-bond acceptors (Lipinski definition) is 5. The van der Waals surface area contributed by atoms with E-state index in [9.17, 15) is 14.4 Å². The SMILES string of the molecule is CC(C)Cc1ccc([C@@H](C)NC(=O)COC(=O)CCNC(=O)c2ccco2)cc1. The van der Waals surface area contributed by atoms with Gasteiger partial charge in [0.2, 0.25) is 0 Å². The highest BCUT2D eigenvalue weighted by atomic mass is 16.5. The first-order valence-electron chi connectivity index (χ1n) is 9.70. The Balaban J connectivity index is 1.66. The van der Waals surface area contributed by atoms with Crippen molar-refractivity contribution in [3.05, 3.63) is 59.5 Å². The number of carbonyl (C=O) groups is 3. The molecule has 7 heteroatoms. The Hall–Kier alpha value is -3.09. The van der Waals surface area contributed by atoms with Crippen LogP contribution in [0.2, 0.25) is 0 Å². The third-order valence-corrected chi connectivity index (χ3v) is 4.23. The molecule has 0 bridgehead atoms. The molecule has 1 heterocycles. The molecule has 0 fully saturated rings. The molecule has 7 nitrogen and oxygen atoms in total. The molecule has 0 aliphatic carbocycles. The summed E-state index contributed by atoms with van der Waals surface area (Å²) >= 11 is 0. The number of benzene rings is 1. The summed E-state index contributed by atoms with van der Waals surface area (Å²) in [7, 11) is 0. The quantitative estimate of drug-likeness (QED) is 0.598. The molecule has 1 aromatic carbocycles. The Labute approximate surface area is 170 Å². The van der Waals surface area contributed by atoms with E-state index in [0.717, 1.165) is 12.0 Å². The monoisotopic (exact) mass is 400 g/mol.